The highest BCUT2D eigenvalue weighted by molar-refractivity contribution is 7.99. The normalized spacial score (nSPS) is 20.2. The Morgan fingerprint density at radius 2 is 1.67 bits per heavy atom. The minimum absolute atomic E-state index is 0.188. The van der Waals surface area contributed by atoms with Crippen LogP contribution in [0.5, 0.6) is 0 Å². The largest absolute Gasteiger partial charge is 0.388 e. The molecule has 1 N–H and O–H groups in total. The maximum Gasteiger partial charge on any atom is 0.140 e. The molecule has 2 atom stereocenters. The van der Waals surface area contributed by atoms with Gasteiger partial charge in [0.25, 0.3) is 0 Å². The Balaban J connectivity index is 1.79. The van der Waals surface area contributed by atoms with Gasteiger partial charge in [0.15, 0.2) is 0 Å². The first-order chi connectivity index (χ1) is 10.3. The number of thioether (sulfide) groups is 1. The number of benzene rings is 2. The molecule has 0 aromatic heterocycles. The van der Waals surface area contributed by atoms with Gasteiger partial charge in [0.2, 0.25) is 0 Å². The van der Waals surface area contributed by atoms with Gasteiger partial charge in [-0.25, -0.2) is 0 Å². The average molecular weight is 298 g/mol. The molecule has 0 saturated carbocycles. The van der Waals surface area contributed by atoms with Crippen LogP contribution in [0.15, 0.2) is 54.6 Å². The Labute approximate surface area is 129 Å². The quantitative estimate of drug-likeness (QED) is 0.938. The van der Waals surface area contributed by atoms with Crippen LogP contribution in [0.25, 0.3) is 11.1 Å². The smallest absolute Gasteiger partial charge is 0.140 e. The molecule has 1 saturated heterocycles. The minimum Gasteiger partial charge on any atom is -0.388 e. The average Bonchev–Trinajstić information content (AvgIpc) is 2.56. The van der Waals surface area contributed by atoms with Gasteiger partial charge in [-0.3, -0.25) is 4.79 Å². The summed E-state index contributed by atoms with van der Waals surface area (Å²) in [5.74, 6) is 1.54. The molecule has 1 fully saturated rings. The molecule has 3 rings (SSSR count). The molecule has 3 heteroatoms. The first-order valence-electron chi connectivity index (χ1n) is 7.19. The molecule has 2 aromatic rings. The first-order valence-corrected chi connectivity index (χ1v) is 8.35. The second-order valence-corrected chi connectivity index (χ2v) is 6.48. The van der Waals surface area contributed by atoms with E-state index in [-0.39, 0.29) is 11.7 Å². The summed E-state index contributed by atoms with van der Waals surface area (Å²) in [5.41, 5.74) is 3.11. The van der Waals surface area contributed by atoms with E-state index in [4.69, 9.17) is 0 Å². The molecule has 0 radical (unpaired) electrons. The molecule has 108 valence electrons. The highest BCUT2D eigenvalue weighted by atomic mass is 32.2. The van der Waals surface area contributed by atoms with E-state index in [0.717, 1.165) is 28.2 Å². The molecule has 1 aliphatic heterocycles. The Bertz CT molecular complexity index is 607. The van der Waals surface area contributed by atoms with Crippen molar-refractivity contribution < 1.29 is 9.90 Å². The van der Waals surface area contributed by atoms with Crippen molar-refractivity contribution in [2.45, 2.75) is 12.5 Å². The number of Topliss-reactive ketones (excluding diaryl/α,β-unsaturated/α-hetero) is 1. The Hall–Kier alpha value is -1.58. The Morgan fingerprint density at radius 3 is 2.33 bits per heavy atom. The molecule has 21 heavy (non-hydrogen) atoms. The first kappa shape index (κ1) is 14.4. The fourth-order valence-corrected chi connectivity index (χ4v) is 3.80. The molecular formula is C18H18O2S. The number of carbonyl (C=O) groups is 1. The van der Waals surface area contributed by atoms with Gasteiger partial charge in [-0.2, -0.15) is 11.8 Å². The van der Waals surface area contributed by atoms with Gasteiger partial charge in [0.05, 0.1) is 12.0 Å². The molecule has 1 heterocycles. The SMILES string of the molecule is O=C1CCSC[C@H]1[C@H](O)c1ccc(-c2ccccc2)cc1. The van der Waals surface area contributed by atoms with Crippen LogP contribution in [0.3, 0.4) is 0 Å². The Kier molecular flexibility index (Phi) is 4.42. The predicted octanol–water partition coefficient (Wildman–Crippen LogP) is 3.71. The topological polar surface area (TPSA) is 37.3 Å². The van der Waals surface area contributed by atoms with Gasteiger partial charge >= 0.3 is 0 Å². The lowest BCUT2D eigenvalue weighted by atomic mass is 9.91. The molecule has 2 aromatic carbocycles. The van der Waals surface area contributed by atoms with Gasteiger partial charge in [-0.05, 0) is 16.7 Å². The lowest BCUT2D eigenvalue weighted by Crippen LogP contribution is -2.28. The van der Waals surface area contributed by atoms with Gasteiger partial charge in [-0.1, -0.05) is 54.6 Å². The highest BCUT2D eigenvalue weighted by Crippen LogP contribution is 2.31. The van der Waals surface area contributed by atoms with Crippen LogP contribution >= 0.6 is 11.8 Å². The van der Waals surface area contributed by atoms with Gasteiger partial charge in [-0.15, -0.1) is 0 Å². The zero-order valence-electron chi connectivity index (χ0n) is 11.7. The summed E-state index contributed by atoms with van der Waals surface area (Å²) in [6, 6.07) is 18.0. The maximum atomic E-state index is 11.9. The van der Waals surface area contributed by atoms with Crippen LogP contribution in [-0.4, -0.2) is 22.4 Å². The third-order valence-electron chi connectivity index (χ3n) is 3.94. The van der Waals surface area contributed by atoms with Gasteiger partial charge in [0.1, 0.15) is 5.78 Å². The van der Waals surface area contributed by atoms with Crippen LogP contribution in [0, 0.1) is 5.92 Å². The fraction of sp³-hybridized carbons (Fsp3) is 0.278. The minimum atomic E-state index is -0.685. The number of ketones is 1. The summed E-state index contributed by atoms with van der Waals surface area (Å²) in [5, 5.41) is 10.4. The highest BCUT2D eigenvalue weighted by Gasteiger charge is 2.30. The summed E-state index contributed by atoms with van der Waals surface area (Å²) >= 11 is 1.75. The van der Waals surface area contributed by atoms with Crippen LogP contribution in [0.1, 0.15) is 18.1 Å². The number of rotatable bonds is 3. The predicted molar refractivity (Wildman–Crippen MR) is 87.3 cm³/mol. The second kappa shape index (κ2) is 6.46. The van der Waals surface area contributed by atoms with E-state index in [1.54, 1.807) is 11.8 Å². The lowest BCUT2D eigenvalue weighted by molar-refractivity contribution is -0.125. The van der Waals surface area contributed by atoms with E-state index >= 15 is 0 Å². The number of hydrogen-bond acceptors (Lipinski definition) is 3. The number of carbonyl (C=O) groups excluding carboxylic acids is 1. The molecule has 1 aliphatic rings. The van der Waals surface area contributed by atoms with E-state index in [9.17, 15) is 9.90 Å². The lowest BCUT2D eigenvalue weighted by Gasteiger charge is -2.25. The molecule has 0 aliphatic carbocycles. The van der Waals surface area contributed by atoms with E-state index in [0.29, 0.717) is 6.42 Å². The summed E-state index contributed by atoms with van der Waals surface area (Å²) < 4.78 is 0. The zero-order valence-corrected chi connectivity index (χ0v) is 12.6. The molecule has 2 nitrogen and oxygen atoms in total. The van der Waals surface area contributed by atoms with Crippen LogP contribution < -0.4 is 0 Å². The van der Waals surface area contributed by atoms with E-state index < -0.39 is 6.10 Å². The fourth-order valence-electron chi connectivity index (χ4n) is 2.66. The van der Waals surface area contributed by atoms with Crippen LogP contribution in [0.4, 0.5) is 0 Å². The second-order valence-electron chi connectivity index (χ2n) is 5.33. The van der Waals surface area contributed by atoms with E-state index in [1.807, 2.05) is 42.5 Å². The monoisotopic (exact) mass is 298 g/mol. The van der Waals surface area contributed by atoms with Crippen molar-refractivity contribution in [3.05, 3.63) is 60.2 Å². The molecule has 0 spiro atoms. The number of aliphatic hydroxyl groups is 1. The third kappa shape index (κ3) is 3.20. The zero-order chi connectivity index (χ0) is 14.7. The summed E-state index contributed by atoms with van der Waals surface area (Å²) in [4.78, 5) is 11.9. The van der Waals surface area contributed by atoms with Crippen molar-refractivity contribution in [2.24, 2.45) is 5.92 Å². The van der Waals surface area contributed by atoms with Crippen LogP contribution in [0.2, 0.25) is 0 Å². The van der Waals surface area contributed by atoms with Crippen molar-refractivity contribution in [3.63, 3.8) is 0 Å². The van der Waals surface area contributed by atoms with Crippen molar-refractivity contribution in [1.29, 1.82) is 0 Å². The van der Waals surface area contributed by atoms with Gasteiger partial charge in [0, 0.05) is 17.9 Å². The Morgan fingerprint density at radius 1 is 1.00 bits per heavy atom. The number of aliphatic hydroxyl groups excluding tert-OH is 1. The van der Waals surface area contributed by atoms with Gasteiger partial charge < -0.3 is 5.11 Å². The molecule has 0 unspecified atom stereocenters. The molecule has 0 bridgehead atoms. The standard InChI is InChI=1S/C18H18O2S/c19-17-10-11-21-12-16(17)18(20)15-8-6-14(7-9-15)13-4-2-1-3-5-13/h1-9,16,18,20H,10-12H2/t16-,18-/m1/s1. The molecule has 0 amide bonds. The summed E-state index contributed by atoms with van der Waals surface area (Å²) in [6.45, 7) is 0. The maximum absolute atomic E-state index is 11.9. The number of hydrogen-bond donors (Lipinski definition) is 1. The van der Waals surface area contributed by atoms with Crippen molar-refractivity contribution in [1.82, 2.24) is 0 Å². The van der Waals surface area contributed by atoms with E-state index in [2.05, 4.69) is 12.1 Å². The molecular weight excluding hydrogens is 280 g/mol. The van der Waals surface area contributed by atoms with Crippen molar-refractivity contribution in [2.75, 3.05) is 11.5 Å². The van der Waals surface area contributed by atoms with Crippen LogP contribution in [-0.2, 0) is 4.79 Å². The summed E-state index contributed by atoms with van der Waals surface area (Å²) in [6.07, 6.45) is -0.107. The van der Waals surface area contributed by atoms with Crippen molar-refractivity contribution >= 4 is 17.5 Å². The summed E-state index contributed by atoms with van der Waals surface area (Å²) in [7, 11) is 0. The van der Waals surface area contributed by atoms with E-state index in [1.165, 1.54) is 0 Å². The van der Waals surface area contributed by atoms with Crippen molar-refractivity contribution in [3.8, 4) is 11.1 Å². The third-order valence-corrected chi connectivity index (χ3v) is 5.03.